The highest BCUT2D eigenvalue weighted by Gasteiger charge is 2.21. The van der Waals surface area contributed by atoms with Crippen LogP contribution in [0.4, 0.5) is 0 Å². The minimum absolute atomic E-state index is 0.000942. The number of phenolic OH excluding ortho intramolecular Hbond substituents is 2. The van der Waals surface area contributed by atoms with E-state index in [0.29, 0.717) is 11.1 Å². The second-order valence-corrected chi connectivity index (χ2v) is 5.18. The van der Waals surface area contributed by atoms with Crippen LogP contribution in [0.1, 0.15) is 15.9 Å². The van der Waals surface area contributed by atoms with Gasteiger partial charge in [-0.3, -0.25) is 4.79 Å². The van der Waals surface area contributed by atoms with Crippen molar-refractivity contribution in [2.45, 2.75) is 12.5 Å². The molecular formula is C14H13NO5S. The van der Waals surface area contributed by atoms with E-state index in [2.05, 4.69) is 5.32 Å². The maximum absolute atomic E-state index is 11.9. The number of aromatic hydroxyl groups is 2. The van der Waals surface area contributed by atoms with Crippen molar-refractivity contribution >= 4 is 23.2 Å². The minimum atomic E-state index is -1.17. The fourth-order valence-electron chi connectivity index (χ4n) is 1.77. The van der Waals surface area contributed by atoms with Gasteiger partial charge in [-0.1, -0.05) is 6.07 Å². The van der Waals surface area contributed by atoms with Gasteiger partial charge >= 0.3 is 5.97 Å². The number of hydrogen-bond acceptors (Lipinski definition) is 5. The molecule has 0 saturated carbocycles. The van der Waals surface area contributed by atoms with Crippen molar-refractivity contribution in [1.82, 2.24) is 5.32 Å². The summed E-state index contributed by atoms with van der Waals surface area (Å²) in [7, 11) is 0. The number of benzene rings is 1. The summed E-state index contributed by atoms with van der Waals surface area (Å²) in [5.41, 5.74) is 0.892. The Bertz CT molecular complexity index is 653. The molecule has 0 aliphatic carbocycles. The quantitative estimate of drug-likeness (QED) is 0.627. The second-order valence-electron chi connectivity index (χ2n) is 4.40. The Balaban J connectivity index is 2.10. The Labute approximate surface area is 124 Å². The van der Waals surface area contributed by atoms with E-state index in [4.69, 9.17) is 0 Å². The van der Waals surface area contributed by atoms with E-state index in [1.54, 1.807) is 16.8 Å². The molecule has 0 saturated heterocycles. The fraction of sp³-hybridized carbons (Fsp3) is 0.143. The summed E-state index contributed by atoms with van der Waals surface area (Å²) in [5.74, 6) is -2.26. The summed E-state index contributed by atoms with van der Waals surface area (Å²) in [6.45, 7) is 0. The van der Waals surface area contributed by atoms with Crippen LogP contribution in [0.2, 0.25) is 0 Å². The molecule has 0 spiro atoms. The average Bonchev–Trinajstić information content (AvgIpc) is 2.96. The van der Waals surface area contributed by atoms with E-state index in [1.807, 2.05) is 0 Å². The molecule has 1 heterocycles. The first kappa shape index (κ1) is 14.9. The van der Waals surface area contributed by atoms with Gasteiger partial charge in [0.25, 0.3) is 5.91 Å². The van der Waals surface area contributed by atoms with E-state index in [-0.39, 0.29) is 17.9 Å². The maximum Gasteiger partial charge on any atom is 0.326 e. The molecule has 0 aliphatic heterocycles. The molecule has 4 N–H and O–H groups in total. The lowest BCUT2D eigenvalue weighted by Crippen LogP contribution is -2.42. The van der Waals surface area contributed by atoms with Gasteiger partial charge in [0.15, 0.2) is 11.5 Å². The van der Waals surface area contributed by atoms with E-state index in [9.17, 15) is 24.9 Å². The number of carboxylic acids is 1. The zero-order valence-electron chi connectivity index (χ0n) is 10.8. The summed E-state index contributed by atoms with van der Waals surface area (Å²) in [5, 5.41) is 33.6. The van der Waals surface area contributed by atoms with Gasteiger partial charge < -0.3 is 20.6 Å². The normalized spacial score (nSPS) is 11.8. The van der Waals surface area contributed by atoms with E-state index >= 15 is 0 Å². The summed E-state index contributed by atoms with van der Waals surface area (Å²) in [6.07, 6.45) is -0.000942. The average molecular weight is 307 g/mol. The fourth-order valence-corrected chi connectivity index (χ4v) is 2.40. The highest BCUT2D eigenvalue weighted by molar-refractivity contribution is 7.08. The molecule has 7 heteroatoms. The summed E-state index contributed by atoms with van der Waals surface area (Å²) in [4.78, 5) is 23.1. The van der Waals surface area contributed by atoms with Gasteiger partial charge in [0.05, 0.1) is 5.56 Å². The number of amides is 1. The van der Waals surface area contributed by atoms with Crippen LogP contribution < -0.4 is 5.32 Å². The SMILES string of the molecule is O=C(N[C@@H](Cc1ccc(O)c(O)c1)C(=O)O)c1ccsc1. The third-order valence-electron chi connectivity index (χ3n) is 2.87. The van der Waals surface area contributed by atoms with Gasteiger partial charge in [-0.2, -0.15) is 11.3 Å². The molecule has 1 atom stereocenters. The van der Waals surface area contributed by atoms with Crippen LogP contribution in [0.25, 0.3) is 0 Å². The first-order valence-corrected chi connectivity index (χ1v) is 6.98. The maximum atomic E-state index is 11.9. The van der Waals surface area contributed by atoms with Crippen molar-refractivity contribution in [2.24, 2.45) is 0 Å². The Morgan fingerprint density at radius 2 is 1.95 bits per heavy atom. The van der Waals surface area contributed by atoms with Crippen LogP contribution in [0.5, 0.6) is 11.5 Å². The molecular weight excluding hydrogens is 294 g/mol. The second kappa shape index (κ2) is 6.27. The summed E-state index contributed by atoms with van der Waals surface area (Å²) < 4.78 is 0. The lowest BCUT2D eigenvalue weighted by Gasteiger charge is -2.14. The molecule has 110 valence electrons. The van der Waals surface area contributed by atoms with Crippen LogP contribution in [-0.2, 0) is 11.2 Å². The Kier molecular flexibility index (Phi) is 4.44. The van der Waals surface area contributed by atoms with Crippen molar-refractivity contribution < 1.29 is 24.9 Å². The molecule has 6 nitrogen and oxygen atoms in total. The van der Waals surface area contributed by atoms with Crippen LogP contribution in [0.3, 0.4) is 0 Å². The van der Waals surface area contributed by atoms with Crippen LogP contribution in [-0.4, -0.2) is 33.2 Å². The minimum Gasteiger partial charge on any atom is -0.504 e. The highest BCUT2D eigenvalue weighted by atomic mass is 32.1. The first-order valence-electron chi connectivity index (χ1n) is 6.04. The number of carbonyl (C=O) groups excluding carboxylic acids is 1. The standard InChI is InChI=1S/C14H13NO5S/c16-11-2-1-8(6-12(11)17)5-10(14(19)20)15-13(18)9-3-4-21-7-9/h1-4,6-7,10,16-17H,5H2,(H,15,18)(H,19,20)/t10-/m0/s1. The number of rotatable bonds is 5. The lowest BCUT2D eigenvalue weighted by molar-refractivity contribution is -0.139. The molecule has 1 aromatic heterocycles. The zero-order chi connectivity index (χ0) is 15.4. The van der Waals surface area contributed by atoms with Gasteiger partial charge in [-0.15, -0.1) is 0 Å². The van der Waals surface area contributed by atoms with E-state index in [0.717, 1.165) is 0 Å². The molecule has 1 aromatic carbocycles. The Morgan fingerprint density at radius 3 is 2.52 bits per heavy atom. The number of hydrogen-bond donors (Lipinski definition) is 4. The Morgan fingerprint density at radius 1 is 1.19 bits per heavy atom. The van der Waals surface area contributed by atoms with Crippen LogP contribution >= 0.6 is 11.3 Å². The summed E-state index contributed by atoms with van der Waals surface area (Å²) in [6, 6.07) is 4.50. The van der Waals surface area contributed by atoms with Crippen molar-refractivity contribution in [3.8, 4) is 11.5 Å². The zero-order valence-corrected chi connectivity index (χ0v) is 11.6. The van der Waals surface area contributed by atoms with E-state index < -0.39 is 17.9 Å². The number of carbonyl (C=O) groups is 2. The third kappa shape index (κ3) is 3.73. The van der Waals surface area contributed by atoms with Gasteiger partial charge in [0.2, 0.25) is 0 Å². The van der Waals surface area contributed by atoms with Crippen LogP contribution in [0, 0.1) is 0 Å². The number of thiophene rings is 1. The number of aliphatic carboxylic acids is 1. The molecule has 0 unspecified atom stereocenters. The first-order chi connectivity index (χ1) is 9.97. The van der Waals surface area contributed by atoms with Crippen molar-refractivity contribution in [3.63, 3.8) is 0 Å². The van der Waals surface area contributed by atoms with Gasteiger partial charge in [0, 0.05) is 11.8 Å². The van der Waals surface area contributed by atoms with Gasteiger partial charge in [-0.25, -0.2) is 4.79 Å². The largest absolute Gasteiger partial charge is 0.504 e. The predicted octanol–water partition coefficient (Wildman–Crippen LogP) is 1.58. The molecule has 2 aromatic rings. The Hall–Kier alpha value is -2.54. The molecule has 0 radical (unpaired) electrons. The molecule has 1 amide bonds. The van der Waals surface area contributed by atoms with Crippen molar-refractivity contribution in [2.75, 3.05) is 0 Å². The number of phenols is 2. The number of nitrogens with one attached hydrogen (secondary N) is 1. The van der Waals surface area contributed by atoms with Crippen LogP contribution in [0.15, 0.2) is 35.0 Å². The molecule has 0 aliphatic rings. The van der Waals surface area contributed by atoms with Crippen molar-refractivity contribution in [3.05, 3.63) is 46.2 Å². The smallest absolute Gasteiger partial charge is 0.326 e. The van der Waals surface area contributed by atoms with Crippen molar-refractivity contribution in [1.29, 1.82) is 0 Å². The van der Waals surface area contributed by atoms with E-state index in [1.165, 1.54) is 29.5 Å². The molecule has 2 rings (SSSR count). The predicted molar refractivity (Wildman–Crippen MR) is 76.7 cm³/mol. The lowest BCUT2D eigenvalue weighted by atomic mass is 10.0. The molecule has 0 bridgehead atoms. The van der Waals surface area contributed by atoms with Gasteiger partial charge in [-0.05, 0) is 29.1 Å². The van der Waals surface area contributed by atoms with Gasteiger partial charge in [0.1, 0.15) is 6.04 Å². The topological polar surface area (TPSA) is 107 Å². The number of carboxylic acid groups (broad SMARTS) is 1. The highest BCUT2D eigenvalue weighted by Crippen LogP contribution is 2.25. The monoisotopic (exact) mass is 307 g/mol. The third-order valence-corrected chi connectivity index (χ3v) is 3.55. The molecule has 21 heavy (non-hydrogen) atoms. The molecule has 0 fully saturated rings. The summed E-state index contributed by atoms with van der Waals surface area (Å²) >= 11 is 1.34.